The molecule has 2 heterocycles. The van der Waals surface area contributed by atoms with Crippen LogP contribution in [0.4, 0.5) is 0 Å². The Kier molecular flexibility index (Phi) is 1.91. The Hall–Kier alpha value is -1.94. The first-order valence-electron chi connectivity index (χ1n) is 5.00. The highest BCUT2D eigenvalue weighted by Crippen LogP contribution is 2.39. The fourth-order valence-corrected chi connectivity index (χ4v) is 2.09. The van der Waals surface area contributed by atoms with Crippen molar-refractivity contribution in [3.05, 3.63) is 30.2 Å². The van der Waals surface area contributed by atoms with Crippen molar-refractivity contribution in [3.63, 3.8) is 0 Å². The molecule has 4 heteroatoms. The molecule has 0 atom stereocenters. The van der Waals surface area contributed by atoms with Crippen LogP contribution in [0.1, 0.15) is 5.56 Å². The minimum Gasteiger partial charge on any atom is -0.492 e. The summed E-state index contributed by atoms with van der Waals surface area (Å²) >= 11 is 0. The standard InChI is InChI=1S/C12H11NO3/c1-14-11-8-3-5-15-10(8)9(6-13)7-2-4-16-12(7)11/h2-5H,6,13H2,1H3. The van der Waals surface area contributed by atoms with Crippen molar-refractivity contribution in [3.8, 4) is 5.75 Å². The fourth-order valence-electron chi connectivity index (χ4n) is 2.09. The molecule has 0 unspecified atom stereocenters. The summed E-state index contributed by atoms with van der Waals surface area (Å²) < 4.78 is 16.3. The molecule has 0 saturated carbocycles. The van der Waals surface area contributed by atoms with E-state index in [1.54, 1.807) is 19.6 Å². The van der Waals surface area contributed by atoms with Gasteiger partial charge in [-0.2, -0.15) is 0 Å². The summed E-state index contributed by atoms with van der Waals surface area (Å²) in [6, 6.07) is 3.73. The second-order valence-corrected chi connectivity index (χ2v) is 3.54. The van der Waals surface area contributed by atoms with Crippen molar-refractivity contribution in [1.29, 1.82) is 0 Å². The Morgan fingerprint density at radius 1 is 1.12 bits per heavy atom. The minimum atomic E-state index is 0.407. The van der Waals surface area contributed by atoms with Gasteiger partial charge in [-0.25, -0.2) is 0 Å². The number of ether oxygens (including phenoxy) is 1. The third-order valence-electron chi connectivity index (χ3n) is 2.79. The van der Waals surface area contributed by atoms with Gasteiger partial charge in [0.1, 0.15) is 5.58 Å². The maximum absolute atomic E-state index is 5.75. The highest BCUT2D eigenvalue weighted by atomic mass is 16.5. The Balaban J connectivity index is 2.59. The lowest BCUT2D eigenvalue weighted by atomic mass is 10.1. The summed E-state index contributed by atoms with van der Waals surface area (Å²) in [5.41, 5.74) is 8.19. The lowest BCUT2D eigenvalue weighted by Gasteiger charge is -2.06. The molecule has 2 aromatic heterocycles. The molecule has 4 nitrogen and oxygen atoms in total. The van der Waals surface area contributed by atoms with Crippen LogP contribution >= 0.6 is 0 Å². The largest absolute Gasteiger partial charge is 0.492 e. The predicted molar refractivity (Wildman–Crippen MR) is 60.4 cm³/mol. The van der Waals surface area contributed by atoms with Gasteiger partial charge in [0, 0.05) is 17.5 Å². The molecule has 0 fully saturated rings. The highest BCUT2D eigenvalue weighted by Gasteiger charge is 2.17. The van der Waals surface area contributed by atoms with Gasteiger partial charge in [0.25, 0.3) is 0 Å². The van der Waals surface area contributed by atoms with Crippen LogP contribution in [0.3, 0.4) is 0 Å². The first-order chi connectivity index (χ1) is 7.86. The van der Waals surface area contributed by atoms with Crippen molar-refractivity contribution in [2.45, 2.75) is 6.54 Å². The number of benzene rings is 1. The van der Waals surface area contributed by atoms with E-state index in [2.05, 4.69) is 0 Å². The summed E-state index contributed by atoms with van der Waals surface area (Å²) in [5.74, 6) is 0.695. The van der Waals surface area contributed by atoms with E-state index in [1.807, 2.05) is 12.1 Å². The van der Waals surface area contributed by atoms with Crippen LogP contribution in [0.2, 0.25) is 0 Å². The number of hydrogen-bond donors (Lipinski definition) is 1. The van der Waals surface area contributed by atoms with Gasteiger partial charge in [-0.15, -0.1) is 0 Å². The smallest absolute Gasteiger partial charge is 0.176 e. The number of hydrogen-bond acceptors (Lipinski definition) is 4. The summed E-state index contributed by atoms with van der Waals surface area (Å²) in [4.78, 5) is 0. The molecular formula is C12H11NO3. The second kappa shape index (κ2) is 3.28. The zero-order chi connectivity index (χ0) is 11.1. The summed E-state index contributed by atoms with van der Waals surface area (Å²) in [5, 5.41) is 1.84. The molecular weight excluding hydrogens is 206 g/mol. The molecule has 3 aromatic rings. The van der Waals surface area contributed by atoms with Gasteiger partial charge in [0.15, 0.2) is 11.3 Å². The lowest BCUT2D eigenvalue weighted by molar-refractivity contribution is 0.415. The van der Waals surface area contributed by atoms with E-state index in [0.29, 0.717) is 12.3 Å². The van der Waals surface area contributed by atoms with Crippen molar-refractivity contribution in [2.75, 3.05) is 7.11 Å². The zero-order valence-electron chi connectivity index (χ0n) is 8.82. The van der Waals surface area contributed by atoms with Gasteiger partial charge >= 0.3 is 0 Å². The lowest BCUT2D eigenvalue weighted by Crippen LogP contribution is -1.98. The molecule has 0 amide bonds. The topological polar surface area (TPSA) is 61.5 Å². The second-order valence-electron chi connectivity index (χ2n) is 3.54. The van der Waals surface area contributed by atoms with Gasteiger partial charge < -0.3 is 19.3 Å². The third-order valence-corrected chi connectivity index (χ3v) is 2.79. The van der Waals surface area contributed by atoms with Crippen molar-refractivity contribution in [1.82, 2.24) is 0 Å². The van der Waals surface area contributed by atoms with E-state index >= 15 is 0 Å². The number of furan rings is 2. The molecule has 1 aromatic carbocycles. The molecule has 3 rings (SSSR count). The first kappa shape index (κ1) is 9.30. The number of methoxy groups -OCH3 is 1. The van der Waals surface area contributed by atoms with Crippen LogP contribution in [-0.4, -0.2) is 7.11 Å². The third kappa shape index (κ3) is 1.02. The number of nitrogens with two attached hydrogens (primary N) is 1. The van der Waals surface area contributed by atoms with Gasteiger partial charge in [0.2, 0.25) is 0 Å². The quantitative estimate of drug-likeness (QED) is 0.716. The predicted octanol–water partition coefficient (Wildman–Crippen LogP) is 2.65. The van der Waals surface area contributed by atoms with E-state index < -0.39 is 0 Å². The van der Waals surface area contributed by atoms with Crippen molar-refractivity contribution >= 4 is 21.9 Å². The van der Waals surface area contributed by atoms with E-state index in [4.69, 9.17) is 19.3 Å². The van der Waals surface area contributed by atoms with Crippen molar-refractivity contribution < 1.29 is 13.6 Å². The molecule has 0 spiro atoms. The molecule has 0 aliphatic rings. The van der Waals surface area contributed by atoms with E-state index in [0.717, 1.165) is 27.5 Å². The Labute approximate surface area is 91.6 Å². The van der Waals surface area contributed by atoms with Crippen molar-refractivity contribution in [2.24, 2.45) is 5.73 Å². The molecule has 16 heavy (non-hydrogen) atoms. The maximum atomic E-state index is 5.75. The molecule has 0 bridgehead atoms. The van der Waals surface area contributed by atoms with E-state index in [9.17, 15) is 0 Å². The molecule has 0 aliphatic carbocycles. The fraction of sp³-hybridized carbons (Fsp3) is 0.167. The molecule has 82 valence electrons. The van der Waals surface area contributed by atoms with Gasteiger partial charge in [-0.05, 0) is 12.1 Å². The molecule has 0 saturated heterocycles. The number of fused-ring (bicyclic) bond motifs is 2. The maximum Gasteiger partial charge on any atom is 0.176 e. The summed E-state index contributed by atoms with van der Waals surface area (Å²) in [7, 11) is 1.62. The molecule has 0 aliphatic heterocycles. The molecule has 2 N–H and O–H groups in total. The van der Waals surface area contributed by atoms with Crippen LogP contribution < -0.4 is 10.5 Å². The normalized spacial score (nSPS) is 11.4. The highest BCUT2D eigenvalue weighted by molar-refractivity contribution is 6.04. The Bertz CT molecular complexity index is 546. The average molecular weight is 217 g/mol. The SMILES string of the molecule is COc1c2ccoc2c(CN)c2ccoc12. The summed E-state index contributed by atoms with van der Waals surface area (Å²) in [6.07, 6.45) is 3.26. The van der Waals surface area contributed by atoms with Gasteiger partial charge in [-0.1, -0.05) is 0 Å². The van der Waals surface area contributed by atoms with E-state index in [-0.39, 0.29) is 0 Å². The number of rotatable bonds is 2. The molecule has 0 radical (unpaired) electrons. The van der Waals surface area contributed by atoms with E-state index in [1.165, 1.54) is 0 Å². The van der Waals surface area contributed by atoms with Gasteiger partial charge in [-0.3, -0.25) is 0 Å². The van der Waals surface area contributed by atoms with Gasteiger partial charge in [0.05, 0.1) is 25.0 Å². The summed E-state index contributed by atoms with van der Waals surface area (Å²) in [6.45, 7) is 0.407. The average Bonchev–Trinajstić information content (AvgIpc) is 2.93. The Morgan fingerprint density at radius 2 is 1.81 bits per heavy atom. The monoisotopic (exact) mass is 217 g/mol. The van der Waals surface area contributed by atoms with Crippen LogP contribution in [0.15, 0.2) is 33.5 Å². The Morgan fingerprint density at radius 3 is 2.50 bits per heavy atom. The zero-order valence-corrected chi connectivity index (χ0v) is 8.82. The first-order valence-corrected chi connectivity index (χ1v) is 5.00. The minimum absolute atomic E-state index is 0.407. The van der Waals surface area contributed by atoms with Crippen LogP contribution in [-0.2, 0) is 6.54 Å². The van der Waals surface area contributed by atoms with Crippen LogP contribution in [0.25, 0.3) is 21.9 Å². The van der Waals surface area contributed by atoms with Crippen LogP contribution in [0.5, 0.6) is 5.75 Å². The van der Waals surface area contributed by atoms with Crippen LogP contribution in [0, 0.1) is 0 Å².